The summed E-state index contributed by atoms with van der Waals surface area (Å²) in [7, 11) is -4.07. The van der Waals surface area contributed by atoms with Crippen LogP contribution < -0.4 is 20.9 Å². The van der Waals surface area contributed by atoms with E-state index in [0.717, 1.165) is 37.7 Å². The SMILES string of the molecule is N=C(N)c1ccc(CNC(=O)[C@@H]2CCCN2C(=O)C(CC2CCCCC2)NS(N)(=O)=O)cn1. The number of amidine groups is 1. The van der Waals surface area contributed by atoms with Gasteiger partial charge in [0.2, 0.25) is 11.8 Å². The number of nitrogens with zero attached hydrogens (tertiary/aromatic N) is 2. The van der Waals surface area contributed by atoms with Crippen molar-refractivity contribution in [3.63, 3.8) is 0 Å². The van der Waals surface area contributed by atoms with E-state index in [-0.39, 0.29) is 24.2 Å². The van der Waals surface area contributed by atoms with Crippen molar-refractivity contribution in [1.29, 1.82) is 5.41 Å². The Labute approximate surface area is 194 Å². The molecular weight excluding hydrogens is 446 g/mol. The standard InChI is InChI=1S/C21H33N7O4S/c22-19(23)16-9-8-15(12-25-16)13-26-20(29)18-7-4-10-28(18)21(30)17(27-33(24,31)32)11-14-5-2-1-3-6-14/h8-9,12,14,17-18,27H,1-7,10-11,13H2,(H3,22,23)(H,26,29)(H2,24,31,32)/t17?,18-/m0/s1. The second-order valence-electron chi connectivity index (χ2n) is 8.83. The van der Waals surface area contributed by atoms with Crippen molar-refractivity contribution in [3.05, 3.63) is 29.6 Å². The van der Waals surface area contributed by atoms with Crippen LogP contribution in [0.3, 0.4) is 0 Å². The average Bonchev–Trinajstić information content (AvgIpc) is 3.26. The van der Waals surface area contributed by atoms with E-state index in [1.165, 1.54) is 11.1 Å². The molecule has 182 valence electrons. The van der Waals surface area contributed by atoms with Gasteiger partial charge in [-0.05, 0) is 36.8 Å². The second-order valence-corrected chi connectivity index (χ2v) is 10.2. The number of amides is 2. The molecule has 2 heterocycles. The molecule has 0 aromatic carbocycles. The van der Waals surface area contributed by atoms with Crippen LogP contribution in [0.5, 0.6) is 0 Å². The number of rotatable bonds is 9. The lowest BCUT2D eigenvalue weighted by atomic mass is 9.84. The van der Waals surface area contributed by atoms with E-state index < -0.39 is 28.2 Å². The Balaban J connectivity index is 1.64. The largest absolute Gasteiger partial charge is 0.382 e. The first-order chi connectivity index (χ1) is 15.6. The quantitative estimate of drug-likeness (QED) is 0.247. The Morgan fingerprint density at radius 2 is 1.91 bits per heavy atom. The van der Waals surface area contributed by atoms with Crippen LogP contribution in [-0.2, 0) is 26.3 Å². The maximum absolute atomic E-state index is 13.3. The minimum Gasteiger partial charge on any atom is -0.382 e. The molecule has 2 aliphatic rings. The molecule has 12 heteroatoms. The highest BCUT2D eigenvalue weighted by atomic mass is 32.2. The van der Waals surface area contributed by atoms with E-state index in [4.69, 9.17) is 16.3 Å². The fourth-order valence-corrected chi connectivity index (χ4v) is 5.25. The molecule has 0 bridgehead atoms. The lowest BCUT2D eigenvalue weighted by molar-refractivity contribution is -0.140. The van der Waals surface area contributed by atoms with Crippen LogP contribution in [0.1, 0.15) is 62.6 Å². The van der Waals surface area contributed by atoms with Crippen molar-refractivity contribution in [2.75, 3.05) is 6.54 Å². The Morgan fingerprint density at radius 1 is 1.18 bits per heavy atom. The van der Waals surface area contributed by atoms with Gasteiger partial charge in [-0.3, -0.25) is 20.0 Å². The number of hydrogen-bond acceptors (Lipinski definition) is 6. The van der Waals surface area contributed by atoms with Crippen LogP contribution in [0.25, 0.3) is 0 Å². The zero-order valence-corrected chi connectivity index (χ0v) is 19.4. The minimum absolute atomic E-state index is 0.137. The summed E-state index contributed by atoms with van der Waals surface area (Å²) >= 11 is 0. The number of carbonyl (C=O) groups excluding carboxylic acids is 2. The zero-order valence-electron chi connectivity index (χ0n) is 18.6. The van der Waals surface area contributed by atoms with E-state index in [0.29, 0.717) is 31.5 Å². The number of nitrogens with one attached hydrogen (secondary N) is 3. The van der Waals surface area contributed by atoms with E-state index >= 15 is 0 Å². The lowest BCUT2D eigenvalue weighted by Gasteiger charge is -2.31. The predicted molar refractivity (Wildman–Crippen MR) is 123 cm³/mol. The van der Waals surface area contributed by atoms with E-state index in [9.17, 15) is 18.0 Å². The van der Waals surface area contributed by atoms with Crippen LogP contribution in [0.15, 0.2) is 18.3 Å². The summed E-state index contributed by atoms with van der Waals surface area (Å²) in [5, 5.41) is 15.4. The highest BCUT2D eigenvalue weighted by Crippen LogP contribution is 2.29. The molecule has 11 nitrogen and oxygen atoms in total. The van der Waals surface area contributed by atoms with E-state index in [1.807, 2.05) is 0 Å². The summed E-state index contributed by atoms with van der Waals surface area (Å²) in [6.07, 6.45) is 8.27. The molecule has 0 radical (unpaired) electrons. The fraction of sp³-hybridized carbons (Fsp3) is 0.619. The molecule has 1 aliphatic heterocycles. The molecular formula is C21H33N7O4S. The number of likely N-dealkylation sites (tertiary alicyclic amines) is 1. The molecule has 3 rings (SSSR count). The third-order valence-electron chi connectivity index (χ3n) is 6.30. The fourth-order valence-electron chi connectivity index (χ4n) is 4.65. The minimum atomic E-state index is -4.07. The molecule has 1 unspecified atom stereocenters. The first-order valence-electron chi connectivity index (χ1n) is 11.3. The summed E-state index contributed by atoms with van der Waals surface area (Å²) in [4.78, 5) is 31.7. The van der Waals surface area contributed by atoms with Gasteiger partial charge in [0.05, 0.1) is 0 Å². The Hall–Kier alpha value is -2.57. The molecule has 7 N–H and O–H groups in total. The van der Waals surface area contributed by atoms with Gasteiger partial charge < -0.3 is 16.0 Å². The summed E-state index contributed by atoms with van der Waals surface area (Å²) in [6.45, 7) is 0.600. The molecule has 1 aromatic heterocycles. The molecule has 2 atom stereocenters. The molecule has 0 spiro atoms. The third kappa shape index (κ3) is 7.21. The van der Waals surface area contributed by atoms with Gasteiger partial charge in [-0.25, -0.2) is 5.14 Å². The smallest absolute Gasteiger partial charge is 0.275 e. The van der Waals surface area contributed by atoms with Crippen molar-refractivity contribution in [3.8, 4) is 0 Å². The van der Waals surface area contributed by atoms with Crippen LogP contribution >= 0.6 is 0 Å². The van der Waals surface area contributed by atoms with Gasteiger partial charge in [0.15, 0.2) is 0 Å². The molecule has 1 saturated heterocycles. The Bertz CT molecular complexity index is 961. The monoisotopic (exact) mass is 479 g/mol. The topological polar surface area (TPSA) is 184 Å². The van der Waals surface area contributed by atoms with Crippen LogP contribution in [0.4, 0.5) is 0 Å². The van der Waals surface area contributed by atoms with Gasteiger partial charge in [-0.1, -0.05) is 38.2 Å². The van der Waals surface area contributed by atoms with Crippen LogP contribution in [-0.4, -0.2) is 54.6 Å². The third-order valence-corrected chi connectivity index (χ3v) is 6.92. The average molecular weight is 480 g/mol. The van der Waals surface area contributed by atoms with E-state index in [1.54, 1.807) is 12.1 Å². The zero-order chi connectivity index (χ0) is 24.0. The van der Waals surface area contributed by atoms with Crippen molar-refractivity contribution >= 4 is 27.9 Å². The second kappa shape index (κ2) is 11.0. The summed E-state index contributed by atoms with van der Waals surface area (Å²) in [6, 6.07) is 1.68. The Morgan fingerprint density at radius 3 is 2.52 bits per heavy atom. The normalized spacial score (nSPS) is 20.4. The number of nitrogen functional groups attached to an aromatic ring is 1. The van der Waals surface area contributed by atoms with Crippen molar-refractivity contribution < 1.29 is 18.0 Å². The van der Waals surface area contributed by atoms with Gasteiger partial charge >= 0.3 is 0 Å². The van der Waals surface area contributed by atoms with Crippen molar-refractivity contribution in [1.82, 2.24) is 19.9 Å². The maximum Gasteiger partial charge on any atom is 0.275 e. The first-order valence-corrected chi connectivity index (χ1v) is 12.9. The highest BCUT2D eigenvalue weighted by molar-refractivity contribution is 7.87. The molecule has 1 saturated carbocycles. The van der Waals surface area contributed by atoms with Crippen molar-refractivity contribution in [2.45, 2.75) is 70.0 Å². The predicted octanol–water partition coefficient (Wildman–Crippen LogP) is 0.105. The summed E-state index contributed by atoms with van der Waals surface area (Å²) in [5.41, 5.74) is 6.48. The van der Waals surface area contributed by atoms with E-state index in [2.05, 4.69) is 15.0 Å². The lowest BCUT2D eigenvalue weighted by Crippen LogP contribution is -2.54. The van der Waals surface area contributed by atoms with Crippen molar-refractivity contribution in [2.24, 2.45) is 16.8 Å². The molecule has 1 aromatic rings. The number of aromatic nitrogens is 1. The maximum atomic E-state index is 13.3. The molecule has 33 heavy (non-hydrogen) atoms. The first kappa shape index (κ1) is 25.1. The Kier molecular flexibility index (Phi) is 8.38. The van der Waals surface area contributed by atoms with Gasteiger partial charge in [0.1, 0.15) is 23.6 Å². The van der Waals surface area contributed by atoms with Gasteiger partial charge in [-0.2, -0.15) is 13.1 Å². The van der Waals surface area contributed by atoms with Gasteiger partial charge in [-0.15, -0.1) is 0 Å². The van der Waals surface area contributed by atoms with Gasteiger partial charge in [0.25, 0.3) is 10.2 Å². The number of nitrogens with two attached hydrogens (primary N) is 2. The van der Waals surface area contributed by atoms with Crippen LogP contribution in [0.2, 0.25) is 0 Å². The number of pyridine rings is 1. The highest BCUT2D eigenvalue weighted by Gasteiger charge is 2.38. The molecule has 1 aliphatic carbocycles. The number of hydrogen-bond donors (Lipinski definition) is 5. The molecule has 2 fully saturated rings. The summed E-state index contributed by atoms with van der Waals surface area (Å²) < 4.78 is 25.8. The number of carbonyl (C=O) groups is 2. The summed E-state index contributed by atoms with van der Waals surface area (Å²) in [5.74, 6) is -0.591. The molecule has 2 amide bonds. The van der Waals surface area contributed by atoms with Gasteiger partial charge in [0, 0.05) is 19.3 Å². The van der Waals surface area contributed by atoms with Crippen LogP contribution in [0, 0.1) is 11.3 Å².